The lowest BCUT2D eigenvalue weighted by molar-refractivity contribution is -0.122. The number of nitrogens with zero attached hydrogens (tertiary/aromatic N) is 2. The van der Waals surface area contributed by atoms with Crippen LogP contribution in [0.2, 0.25) is 0 Å². The Balaban J connectivity index is 1.42. The molecule has 0 spiro atoms. The summed E-state index contributed by atoms with van der Waals surface area (Å²) in [5.41, 5.74) is 10.6. The molecular weight excluding hydrogens is 957 g/mol. The van der Waals surface area contributed by atoms with Gasteiger partial charge in [0.1, 0.15) is 23.0 Å². The second kappa shape index (κ2) is 30.6. The SMILES string of the molecule is Cc1cc(CCC(=O)NCCN(CCNC(=O)CCc2cc(C)c(O)c(C(C)C)c2)CCN(CCNC(=O)CCc2cc(C)c(O)c(C(C)C)c2)CCNC(=O)CCc2cc(C)c(O)c(C(C)C)c2)cc(C(C)C)c1O. The lowest BCUT2D eigenvalue weighted by Crippen LogP contribution is -2.45. The predicted octanol–water partition coefficient (Wildman–Crippen LogP) is 9.14. The highest BCUT2D eigenvalue weighted by atomic mass is 16.3. The van der Waals surface area contributed by atoms with Gasteiger partial charge in [-0.1, -0.05) is 104 Å². The summed E-state index contributed by atoms with van der Waals surface area (Å²) in [6.45, 7) is 28.6. The van der Waals surface area contributed by atoms with Gasteiger partial charge >= 0.3 is 0 Å². The first-order chi connectivity index (χ1) is 35.9. The molecule has 4 rings (SSSR count). The summed E-state index contributed by atoms with van der Waals surface area (Å²) >= 11 is 0. The third-order valence-electron chi connectivity index (χ3n) is 14.3. The molecule has 0 bridgehead atoms. The summed E-state index contributed by atoms with van der Waals surface area (Å²) in [7, 11) is 0. The minimum Gasteiger partial charge on any atom is -0.507 e. The molecule has 76 heavy (non-hydrogen) atoms. The number of aryl methyl sites for hydroxylation is 8. The number of nitrogens with one attached hydrogen (secondary N) is 4. The minimum absolute atomic E-state index is 0.0786. The Morgan fingerprint density at radius 3 is 0.737 bits per heavy atom. The number of aromatic hydroxyl groups is 4. The van der Waals surface area contributed by atoms with Crippen molar-refractivity contribution in [2.24, 2.45) is 0 Å². The van der Waals surface area contributed by atoms with E-state index in [1.165, 1.54) is 0 Å². The second-order valence-corrected chi connectivity index (χ2v) is 22.1. The van der Waals surface area contributed by atoms with Crippen LogP contribution >= 0.6 is 0 Å². The third-order valence-corrected chi connectivity index (χ3v) is 14.3. The molecule has 0 aliphatic carbocycles. The van der Waals surface area contributed by atoms with Crippen LogP contribution in [0.1, 0.15) is 172 Å². The summed E-state index contributed by atoms with van der Waals surface area (Å²) in [5.74, 6) is 1.48. The normalized spacial score (nSPS) is 11.7. The lowest BCUT2D eigenvalue weighted by Gasteiger charge is -2.28. The van der Waals surface area contributed by atoms with Gasteiger partial charge in [0.25, 0.3) is 0 Å². The summed E-state index contributed by atoms with van der Waals surface area (Å²) in [6, 6.07) is 15.7. The van der Waals surface area contributed by atoms with Gasteiger partial charge in [-0.15, -0.1) is 0 Å². The largest absolute Gasteiger partial charge is 0.507 e. The van der Waals surface area contributed by atoms with E-state index in [-0.39, 0.29) is 47.3 Å². The molecule has 4 aromatic rings. The van der Waals surface area contributed by atoms with E-state index >= 15 is 0 Å². The van der Waals surface area contributed by atoms with Crippen LogP contribution in [-0.4, -0.2) is 119 Å². The van der Waals surface area contributed by atoms with Crippen molar-refractivity contribution in [3.8, 4) is 23.0 Å². The Bertz CT molecular complexity index is 2230. The van der Waals surface area contributed by atoms with Crippen LogP contribution in [0.4, 0.5) is 0 Å². The van der Waals surface area contributed by atoms with Gasteiger partial charge in [0.15, 0.2) is 0 Å². The molecule has 0 aliphatic rings. The van der Waals surface area contributed by atoms with Crippen LogP contribution < -0.4 is 21.3 Å². The minimum atomic E-state index is -0.0786. The van der Waals surface area contributed by atoms with Crippen molar-refractivity contribution in [3.63, 3.8) is 0 Å². The summed E-state index contributed by atoms with van der Waals surface area (Å²) < 4.78 is 0. The first kappa shape index (κ1) is 62.4. The molecule has 8 N–H and O–H groups in total. The van der Waals surface area contributed by atoms with Gasteiger partial charge in [0, 0.05) is 91.1 Å². The maximum Gasteiger partial charge on any atom is 0.220 e. The number of phenols is 4. The molecule has 14 heteroatoms. The number of phenolic OH excluding ortho intramolecular Hbond substituents is 4. The Kier molecular flexibility index (Phi) is 25.1. The average Bonchev–Trinajstić information content (AvgIpc) is 3.35. The number of hydrogen-bond acceptors (Lipinski definition) is 10. The molecule has 4 amide bonds. The molecule has 0 unspecified atom stereocenters. The van der Waals surface area contributed by atoms with Crippen molar-refractivity contribution in [1.29, 1.82) is 0 Å². The van der Waals surface area contributed by atoms with Crippen LogP contribution in [0.25, 0.3) is 0 Å². The van der Waals surface area contributed by atoms with Crippen molar-refractivity contribution in [1.82, 2.24) is 31.1 Å². The maximum atomic E-state index is 13.2. The third kappa shape index (κ3) is 20.1. The van der Waals surface area contributed by atoms with E-state index in [4.69, 9.17) is 0 Å². The van der Waals surface area contributed by atoms with Crippen molar-refractivity contribution >= 4 is 23.6 Å². The fourth-order valence-electron chi connectivity index (χ4n) is 9.63. The van der Waals surface area contributed by atoms with Crippen LogP contribution in [-0.2, 0) is 44.9 Å². The zero-order chi connectivity index (χ0) is 56.2. The van der Waals surface area contributed by atoms with Crippen molar-refractivity contribution in [3.05, 3.63) is 115 Å². The predicted molar refractivity (Wildman–Crippen MR) is 306 cm³/mol. The fourth-order valence-corrected chi connectivity index (χ4v) is 9.63. The molecule has 0 fully saturated rings. The van der Waals surface area contributed by atoms with Crippen molar-refractivity contribution in [2.45, 2.75) is 158 Å². The van der Waals surface area contributed by atoms with Gasteiger partial charge in [0.2, 0.25) is 23.6 Å². The quantitative estimate of drug-likeness (QED) is 0.0240. The topological polar surface area (TPSA) is 204 Å². The standard InChI is InChI=1S/C62H92N6O8/c1-39(2)51-35-47(31-43(9)59(51)73)13-17-55(69)63-21-25-67(26-22-64-56(70)18-14-48-32-44(10)60(74)52(36-48)40(3)4)29-30-68(27-23-65-57(71)19-15-49-33-45(11)61(75)53(37-49)41(5)6)28-24-66-58(72)20-16-50-34-46(12)62(76)54(38-50)42(7)8/h31-42,73-76H,13-30H2,1-12H3,(H,63,69)(H,64,70)(H,65,71)(H,66,72). The molecule has 0 aliphatic heterocycles. The van der Waals surface area contributed by atoms with E-state index in [1.54, 1.807) is 0 Å². The highest BCUT2D eigenvalue weighted by molar-refractivity contribution is 5.77. The Labute approximate surface area is 454 Å². The van der Waals surface area contributed by atoms with Gasteiger partial charge in [-0.2, -0.15) is 0 Å². The van der Waals surface area contributed by atoms with E-state index in [0.717, 1.165) is 66.8 Å². The van der Waals surface area contributed by atoms with E-state index < -0.39 is 0 Å². The van der Waals surface area contributed by atoms with Crippen LogP contribution in [0.15, 0.2) is 48.5 Å². The Morgan fingerprint density at radius 2 is 0.553 bits per heavy atom. The monoisotopic (exact) mass is 1050 g/mol. The number of carbonyl (C=O) groups is 4. The van der Waals surface area contributed by atoms with Crippen LogP contribution in [0.3, 0.4) is 0 Å². The molecule has 4 aromatic carbocycles. The van der Waals surface area contributed by atoms with Crippen LogP contribution in [0.5, 0.6) is 23.0 Å². The number of amides is 4. The molecule has 0 atom stereocenters. The van der Waals surface area contributed by atoms with Gasteiger partial charge in [-0.25, -0.2) is 0 Å². The number of hydrogen-bond donors (Lipinski definition) is 8. The summed E-state index contributed by atoms with van der Waals surface area (Å²) in [4.78, 5) is 57.3. The van der Waals surface area contributed by atoms with Crippen molar-refractivity contribution in [2.75, 3.05) is 65.4 Å². The van der Waals surface area contributed by atoms with Gasteiger partial charge in [-0.3, -0.25) is 29.0 Å². The molecule has 0 heterocycles. The number of carbonyl (C=O) groups excluding carboxylic acids is 4. The smallest absolute Gasteiger partial charge is 0.220 e. The summed E-state index contributed by atoms with van der Waals surface area (Å²) in [5, 5.41) is 54.7. The molecule has 14 nitrogen and oxygen atoms in total. The average molecular weight is 1050 g/mol. The maximum absolute atomic E-state index is 13.2. The molecule has 0 aromatic heterocycles. The molecule has 0 radical (unpaired) electrons. The van der Waals surface area contributed by atoms with Crippen LogP contribution in [0, 0.1) is 27.7 Å². The van der Waals surface area contributed by atoms with E-state index in [0.29, 0.717) is 140 Å². The summed E-state index contributed by atoms with van der Waals surface area (Å²) in [6.07, 6.45) is 3.34. The first-order valence-corrected chi connectivity index (χ1v) is 27.7. The second-order valence-electron chi connectivity index (χ2n) is 22.1. The highest BCUT2D eigenvalue weighted by Crippen LogP contribution is 2.34. The van der Waals surface area contributed by atoms with E-state index in [2.05, 4.69) is 31.1 Å². The van der Waals surface area contributed by atoms with Crippen molar-refractivity contribution < 1.29 is 39.6 Å². The first-order valence-electron chi connectivity index (χ1n) is 27.7. The van der Waals surface area contributed by atoms with Gasteiger partial charge in [-0.05, 0) is 144 Å². The van der Waals surface area contributed by atoms with Gasteiger partial charge in [0.05, 0.1) is 0 Å². The Hall–Kier alpha value is -6.12. The zero-order valence-electron chi connectivity index (χ0n) is 48.0. The zero-order valence-corrected chi connectivity index (χ0v) is 48.0. The molecule has 0 saturated carbocycles. The highest BCUT2D eigenvalue weighted by Gasteiger charge is 2.18. The molecular formula is C62H92N6O8. The van der Waals surface area contributed by atoms with Gasteiger partial charge < -0.3 is 41.7 Å². The van der Waals surface area contributed by atoms with E-state index in [1.807, 2.05) is 132 Å². The number of benzene rings is 4. The van der Waals surface area contributed by atoms with E-state index in [9.17, 15) is 39.6 Å². The lowest BCUT2D eigenvalue weighted by atomic mass is 9.95. The Morgan fingerprint density at radius 1 is 0.355 bits per heavy atom. The molecule has 418 valence electrons. The molecule has 0 saturated heterocycles. The number of rotatable bonds is 31. The fraction of sp³-hybridized carbons (Fsp3) is 0.548.